The van der Waals surface area contributed by atoms with E-state index in [2.05, 4.69) is 19.2 Å². The lowest BCUT2D eigenvalue weighted by Gasteiger charge is -2.09. The first kappa shape index (κ1) is 12.9. The van der Waals surface area contributed by atoms with Crippen molar-refractivity contribution < 1.29 is 14.6 Å². The Hall–Kier alpha value is -1.55. The lowest BCUT2D eigenvalue weighted by atomic mass is 10.2. The van der Waals surface area contributed by atoms with E-state index in [1.165, 1.54) is 6.42 Å². The highest BCUT2D eigenvalue weighted by Gasteiger charge is 2.44. The Morgan fingerprint density at radius 3 is 2.89 bits per heavy atom. The number of nitrogens with one attached hydrogen (secondary N) is 1. The minimum absolute atomic E-state index is 0.254. The van der Waals surface area contributed by atoms with Crippen LogP contribution in [0.5, 0.6) is 5.75 Å². The molecule has 0 aliphatic heterocycles. The Morgan fingerprint density at radius 1 is 1.56 bits per heavy atom. The third-order valence-electron chi connectivity index (χ3n) is 3.36. The second kappa shape index (κ2) is 4.98. The van der Waals surface area contributed by atoms with E-state index in [-0.39, 0.29) is 5.56 Å². The molecule has 1 unspecified atom stereocenters. The molecule has 0 spiro atoms. The maximum absolute atomic E-state index is 10.8. The van der Waals surface area contributed by atoms with Crippen LogP contribution in [-0.4, -0.2) is 30.3 Å². The van der Waals surface area contributed by atoms with E-state index < -0.39 is 5.97 Å². The molecule has 18 heavy (non-hydrogen) atoms. The zero-order chi connectivity index (χ0) is 13.2. The zero-order valence-corrected chi connectivity index (χ0v) is 10.8. The topological polar surface area (TPSA) is 58.6 Å². The van der Waals surface area contributed by atoms with Crippen molar-refractivity contribution in [2.45, 2.75) is 26.3 Å². The molecule has 1 atom stereocenters. The number of ether oxygens (including phenoxy) is 1. The molecule has 0 saturated heterocycles. The van der Waals surface area contributed by atoms with Gasteiger partial charge in [-0.25, -0.2) is 4.79 Å². The van der Waals surface area contributed by atoms with Crippen LogP contribution in [0, 0.1) is 5.41 Å². The maximum Gasteiger partial charge on any atom is 0.335 e. The van der Waals surface area contributed by atoms with Crippen molar-refractivity contribution in [1.29, 1.82) is 0 Å². The normalized spacial score (nSPS) is 20.4. The van der Waals surface area contributed by atoms with Gasteiger partial charge < -0.3 is 15.2 Å². The van der Waals surface area contributed by atoms with E-state index in [4.69, 9.17) is 9.84 Å². The molecule has 0 radical (unpaired) electrons. The van der Waals surface area contributed by atoms with E-state index >= 15 is 0 Å². The maximum atomic E-state index is 10.8. The number of hydrogen-bond acceptors (Lipinski definition) is 3. The molecule has 2 rings (SSSR count). The summed E-state index contributed by atoms with van der Waals surface area (Å²) in [5.41, 5.74) is 0.673. The average molecular weight is 249 g/mol. The summed E-state index contributed by atoms with van der Waals surface area (Å²) >= 11 is 0. The summed E-state index contributed by atoms with van der Waals surface area (Å²) in [5, 5.41) is 12.3. The molecule has 1 fully saturated rings. The van der Waals surface area contributed by atoms with Gasteiger partial charge in [0.05, 0.1) is 5.56 Å². The SMILES string of the molecule is CC1(C)CC1NCCOc1cccc(C(=O)O)c1. The summed E-state index contributed by atoms with van der Waals surface area (Å²) in [6, 6.07) is 7.15. The van der Waals surface area contributed by atoms with E-state index in [1.807, 2.05) is 0 Å². The Balaban J connectivity index is 1.73. The predicted octanol–water partition coefficient (Wildman–Crippen LogP) is 2.15. The molecule has 0 bridgehead atoms. The standard InChI is InChI=1S/C14H19NO3/c1-14(2)9-12(14)15-6-7-18-11-5-3-4-10(8-11)13(16)17/h3-5,8,12,15H,6-7,9H2,1-2H3,(H,16,17). The Labute approximate surface area is 107 Å². The monoisotopic (exact) mass is 249 g/mol. The largest absolute Gasteiger partial charge is 0.492 e. The Morgan fingerprint density at radius 2 is 2.28 bits per heavy atom. The van der Waals surface area contributed by atoms with Crippen LogP contribution < -0.4 is 10.1 Å². The summed E-state index contributed by atoms with van der Waals surface area (Å²) in [6.07, 6.45) is 1.21. The van der Waals surface area contributed by atoms with Gasteiger partial charge in [-0.1, -0.05) is 19.9 Å². The van der Waals surface area contributed by atoms with Gasteiger partial charge in [-0.05, 0) is 30.0 Å². The first-order valence-electron chi connectivity index (χ1n) is 6.18. The second-order valence-corrected chi connectivity index (χ2v) is 5.38. The molecule has 1 saturated carbocycles. The average Bonchev–Trinajstić information content (AvgIpc) is 2.93. The van der Waals surface area contributed by atoms with Crippen molar-refractivity contribution in [2.75, 3.05) is 13.2 Å². The molecule has 4 heteroatoms. The Bertz CT molecular complexity index is 442. The van der Waals surface area contributed by atoms with E-state index in [0.29, 0.717) is 23.8 Å². The van der Waals surface area contributed by atoms with Crippen molar-refractivity contribution in [3.8, 4) is 5.75 Å². The fraction of sp³-hybridized carbons (Fsp3) is 0.500. The van der Waals surface area contributed by atoms with Crippen LogP contribution in [0.15, 0.2) is 24.3 Å². The molecule has 4 nitrogen and oxygen atoms in total. The van der Waals surface area contributed by atoms with Gasteiger partial charge in [-0.3, -0.25) is 0 Å². The number of carboxylic acids is 1. The van der Waals surface area contributed by atoms with Gasteiger partial charge in [0.15, 0.2) is 0 Å². The molecular weight excluding hydrogens is 230 g/mol. The number of carboxylic acid groups (broad SMARTS) is 1. The smallest absolute Gasteiger partial charge is 0.335 e. The van der Waals surface area contributed by atoms with Gasteiger partial charge in [0.1, 0.15) is 12.4 Å². The quantitative estimate of drug-likeness (QED) is 0.758. The minimum atomic E-state index is -0.932. The van der Waals surface area contributed by atoms with Gasteiger partial charge in [-0.2, -0.15) is 0 Å². The first-order valence-corrected chi connectivity index (χ1v) is 6.18. The molecular formula is C14H19NO3. The van der Waals surface area contributed by atoms with Gasteiger partial charge in [0.25, 0.3) is 0 Å². The summed E-state index contributed by atoms with van der Waals surface area (Å²) in [5.74, 6) is -0.329. The number of carbonyl (C=O) groups is 1. The third kappa shape index (κ3) is 3.23. The molecule has 0 heterocycles. The van der Waals surface area contributed by atoms with Crippen molar-refractivity contribution >= 4 is 5.97 Å². The fourth-order valence-electron chi connectivity index (χ4n) is 1.94. The van der Waals surface area contributed by atoms with Crippen LogP contribution in [-0.2, 0) is 0 Å². The summed E-state index contributed by atoms with van der Waals surface area (Å²) in [4.78, 5) is 10.8. The molecule has 1 aliphatic rings. The molecule has 2 N–H and O–H groups in total. The van der Waals surface area contributed by atoms with Crippen LogP contribution in [0.4, 0.5) is 0 Å². The zero-order valence-electron chi connectivity index (χ0n) is 10.8. The van der Waals surface area contributed by atoms with E-state index in [9.17, 15) is 4.79 Å². The Kier molecular flexibility index (Phi) is 3.57. The van der Waals surface area contributed by atoms with Crippen molar-refractivity contribution in [3.63, 3.8) is 0 Å². The van der Waals surface area contributed by atoms with Crippen molar-refractivity contribution in [3.05, 3.63) is 29.8 Å². The lowest BCUT2D eigenvalue weighted by molar-refractivity contribution is 0.0696. The van der Waals surface area contributed by atoms with Crippen LogP contribution >= 0.6 is 0 Å². The van der Waals surface area contributed by atoms with Gasteiger partial charge in [0, 0.05) is 12.6 Å². The summed E-state index contributed by atoms with van der Waals surface area (Å²) in [7, 11) is 0. The highest BCUT2D eigenvalue weighted by molar-refractivity contribution is 5.87. The first-order chi connectivity index (χ1) is 8.49. The number of aromatic carboxylic acids is 1. The lowest BCUT2D eigenvalue weighted by Crippen LogP contribution is -2.25. The number of benzene rings is 1. The minimum Gasteiger partial charge on any atom is -0.492 e. The highest BCUT2D eigenvalue weighted by atomic mass is 16.5. The highest BCUT2D eigenvalue weighted by Crippen LogP contribution is 2.44. The van der Waals surface area contributed by atoms with Crippen LogP contribution in [0.3, 0.4) is 0 Å². The molecule has 1 aliphatic carbocycles. The summed E-state index contributed by atoms with van der Waals surface area (Å²) in [6.45, 7) is 5.81. The van der Waals surface area contributed by atoms with Gasteiger partial charge >= 0.3 is 5.97 Å². The van der Waals surface area contributed by atoms with Crippen LogP contribution in [0.25, 0.3) is 0 Å². The summed E-state index contributed by atoms with van der Waals surface area (Å²) < 4.78 is 5.52. The van der Waals surface area contributed by atoms with E-state index in [0.717, 1.165) is 6.54 Å². The molecule has 98 valence electrons. The molecule has 0 aromatic heterocycles. The third-order valence-corrected chi connectivity index (χ3v) is 3.36. The molecule has 1 aromatic rings. The molecule has 0 amide bonds. The van der Waals surface area contributed by atoms with Crippen LogP contribution in [0.1, 0.15) is 30.6 Å². The molecule has 1 aromatic carbocycles. The van der Waals surface area contributed by atoms with Crippen molar-refractivity contribution in [2.24, 2.45) is 5.41 Å². The van der Waals surface area contributed by atoms with Crippen LogP contribution in [0.2, 0.25) is 0 Å². The second-order valence-electron chi connectivity index (χ2n) is 5.38. The van der Waals surface area contributed by atoms with Gasteiger partial charge in [-0.15, -0.1) is 0 Å². The van der Waals surface area contributed by atoms with E-state index in [1.54, 1.807) is 24.3 Å². The fourth-order valence-corrected chi connectivity index (χ4v) is 1.94. The predicted molar refractivity (Wildman–Crippen MR) is 69.1 cm³/mol. The number of hydrogen-bond donors (Lipinski definition) is 2. The van der Waals surface area contributed by atoms with Gasteiger partial charge in [0.2, 0.25) is 0 Å². The van der Waals surface area contributed by atoms with Crippen molar-refractivity contribution in [1.82, 2.24) is 5.32 Å². The number of rotatable bonds is 6.